The summed E-state index contributed by atoms with van der Waals surface area (Å²) in [5, 5.41) is 5.35. The van der Waals surface area contributed by atoms with Gasteiger partial charge in [0, 0.05) is 11.9 Å². The molecule has 2 aromatic carbocycles. The number of carbonyl (C=O) groups is 1. The summed E-state index contributed by atoms with van der Waals surface area (Å²) in [5.41, 5.74) is 2.13. The Morgan fingerprint density at radius 2 is 1.88 bits per heavy atom. The standard InChI is InChI=1S/C18H22N2O4S/c1-14-6-5-8-16(12-14)24-11-10-19-18(21)20-17-9-4-3-7-15(17)13-25(2,22)23/h3-9,12H,10-11,13H2,1-2H3,(H2,19,20,21). The van der Waals surface area contributed by atoms with Crippen LogP contribution in [-0.2, 0) is 15.6 Å². The van der Waals surface area contributed by atoms with E-state index in [0.717, 1.165) is 17.6 Å². The zero-order valence-corrected chi connectivity index (χ0v) is 15.1. The summed E-state index contributed by atoms with van der Waals surface area (Å²) in [6.07, 6.45) is 1.16. The highest BCUT2D eigenvalue weighted by atomic mass is 32.2. The number of sulfone groups is 1. The van der Waals surface area contributed by atoms with Crippen LogP contribution in [0.5, 0.6) is 5.75 Å². The van der Waals surface area contributed by atoms with E-state index in [0.29, 0.717) is 24.4 Å². The molecule has 0 fully saturated rings. The van der Waals surface area contributed by atoms with Crippen LogP contribution in [0.25, 0.3) is 0 Å². The molecule has 0 radical (unpaired) electrons. The van der Waals surface area contributed by atoms with Crippen LogP contribution in [0.3, 0.4) is 0 Å². The molecule has 2 rings (SSSR count). The second-order valence-corrected chi connectivity index (χ2v) is 7.91. The topological polar surface area (TPSA) is 84.5 Å². The number of anilines is 1. The third-order valence-electron chi connectivity index (χ3n) is 3.33. The van der Waals surface area contributed by atoms with Gasteiger partial charge < -0.3 is 15.4 Å². The second kappa shape index (κ2) is 8.53. The van der Waals surface area contributed by atoms with E-state index in [2.05, 4.69) is 10.6 Å². The van der Waals surface area contributed by atoms with Gasteiger partial charge in [-0.3, -0.25) is 0 Å². The Balaban J connectivity index is 1.82. The Morgan fingerprint density at radius 3 is 2.60 bits per heavy atom. The van der Waals surface area contributed by atoms with E-state index >= 15 is 0 Å². The third-order valence-corrected chi connectivity index (χ3v) is 4.16. The summed E-state index contributed by atoms with van der Waals surface area (Å²) in [4.78, 5) is 12.0. The van der Waals surface area contributed by atoms with Gasteiger partial charge in [0.25, 0.3) is 0 Å². The Labute approximate surface area is 148 Å². The quantitative estimate of drug-likeness (QED) is 0.742. The monoisotopic (exact) mass is 362 g/mol. The minimum atomic E-state index is -3.18. The second-order valence-electron chi connectivity index (χ2n) is 5.77. The first-order valence-electron chi connectivity index (χ1n) is 7.83. The number of ether oxygens (including phenoxy) is 1. The van der Waals surface area contributed by atoms with Gasteiger partial charge >= 0.3 is 6.03 Å². The van der Waals surface area contributed by atoms with Crippen molar-refractivity contribution in [1.29, 1.82) is 0 Å². The zero-order valence-electron chi connectivity index (χ0n) is 14.3. The lowest BCUT2D eigenvalue weighted by Crippen LogP contribution is -2.32. The molecule has 2 aromatic rings. The number of amides is 2. The lowest BCUT2D eigenvalue weighted by molar-refractivity contribution is 0.247. The molecule has 0 atom stereocenters. The van der Waals surface area contributed by atoms with Crippen molar-refractivity contribution in [1.82, 2.24) is 5.32 Å². The number of hydrogen-bond donors (Lipinski definition) is 2. The first kappa shape index (κ1) is 18.8. The minimum absolute atomic E-state index is 0.125. The maximum absolute atomic E-state index is 12.0. The predicted octanol–water partition coefficient (Wildman–Crippen LogP) is 2.74. The smallest absolute Gasteiger partial charge is 0.319 e. The van der Waals surface area contributed by atoms with Gasteiger partial charge in [0.1, 0.15) is 12.4 Å². The molecule has 0 aliphatic rings. The van der Waals surface area contributed by atoms with Crippen LogP contribution in [0.1, 0.15) is 11.1 Å². The van der Waals surface area contributed by atoms with Crippen molar-refractivity contribution < 1.29 is 17.9 Å². The first-order valence-corrected chi connectivity index (χ1v) is 9.89. The molecule has 25 heavy (non-hydrogen) atoms. The molecule has 6 nitrogen and oxygen atoms in total. The lowest BCUT2D eigenvalue weighted by Gasteiger charge is -2.12. The van der Waals surface area contributed by atoms with Crippen molar-refractivity contribution in [3.05, 3.63) is 59.7 Å². The molecule has 2 N–H and O–H groups in total. The van der Waals surface area contributed by atoms with E-state index in [9.17, 15) is 13.2 Å². The summed E-state index contributed by atoms with van der Waals surface area (Å²) in [6, 6.07) is 14.1. The van der Waals surface area contributed by atoms with Crippen LogP contribution in [0.15, 0.2) is 48.5 Å². The number of hydrogen-bond acceptors (Lipinski definition) is 4. The van der Waals surface area contributed by atoms with Gasteiger partial charge in [-0.25, -0.2) is 13.2 Å². The SMILES string of the molecule is Cc1cccc(OCCNC(=O)Nc2ccccc2CS(C)(=O)=O)c1. The average Bonchev–Trinajstić information content (AvgIpc) is 2.52. The molecule has 0 aliphatic carbocycles. The molecular weight excluding hydrogens is 340 g/mol. The fourth-order valence-corrected chi connectivity index (χ4v) is 3.07. The van der Waals surface area contributed by atoms with Crippen LogP contribution < -0.4 is 15.4 Å². The van der Waals surface area contributed by atoms with Crippen LogP contribution in [0.2, 0.25) is 0 Å². The van der Waals surface area contributed by atoms with E-state index in [4.69, 9.17) is 4.74 Å². The van der Waals surface area contributed by atoms with Crippen LogP contribution >= 0.6 is 0 Å². The highest BCUT2D eigenvalue weighted by molar-refractivity contribution is 7.89. The van der Waals surface area contributed by atoms with Crippen molar-refractivity contribution in [2.75, 3.05) is 24.7 Å². The molecule has 0 saturated heterocycles. The van der Waals surface area contributed by atoms with Gasteiger partial charge in [0.05, 0.1) is 12.3 Å². The van der Waals surface area contributed by atoms with Gasteiger partial charge in [0.15, 0.2) is 9.84 Å². The summed E-state index contributed by atoms with van der Waals surface area (Å²) in [6.45, 7) is 2.64. The highest BCUT2D eigenvalue weighted by Gasteiger charge is 2.11. The Hall–Kier alpha value is -2.54. The lowest BCUT2D eigenvalue weighted by atomic mass is 10.2. The highest BCUT2D eigenvalue weighted by Crippen LogP contribution is 2.17. The number of benzene rings is 2. The van der Waals surface area contributed by atoms with E-state index in [1.54, 1.807) is 24.3 Å². The molecule has 0 unspecified atom stereocenters. The third kappa shape index (κ3) is 6.84. The van der Waals surface area contributed by atoms with E-state index in [-0.39, 0.29) is 5.75 Å². The number of carbonyl (C=O) groups excluding carboxylic acids is 1. The number of nitrogens with one attached hydrogen (secondary N) is 2. The Bertz CT molecular complexity index is 834. The molecule has 134 valence electrons. The molecule has 7 heteroatoms. The molecule has 0 spiro atoms. The normalized spacial score (nSPS) is 11.0. The van der Waals surface area contributed by atoms with Gasteiger partial charge in [-0.05, 0) is 36.2 Å². The minimum Gasteiger partial charge on any atom is -0.492 e. The number of para-hydroxylation sites is 1. The number of rotatable bonds is 7. The van der Waals surface area contributed by atoms with E-state index < -0.39 is 15.9 Å². The van der Waals surface area contributed by atoms with Crippen molar-refractivity contribution in [3.8, 4) is 5.75 Å². The molecule has 0 aliphatic heterocycles. The van der Waals surface area contributed by atoms with Gasteiger partial charge in [-0.2, -0.15) is 0 Å². The first-order chi connectivity index (χ1) is 11.8. The Kier molecular flexibility index (Phi) is 6.41. The maximum Gasteiger partial charge on any atom is 0.319 e. The van der Waals surface area contributed by atoms with E-state index in [1.807, 2.05) is 31.2 Å². The maximum atomic E-state index is 12.0. The van der Waals surface area contributed by atoms with Crippen molar-refractivity contribution >= 4 is 21.6 Å². The zero-order chi connectivity index (χ0) is 18.3. The molecule has 0 saturated carbocycles. The largest absolute Gasteiger partial charge is 0.492 e. The van der Waals surface area contributed by atoms with Gasteiger partial charge in [-0.1, -0.05) is 30.3 Å². The van der Waals surface area contributed by atoms with Gasteiger partial charge in [-0.15, -0.1) is 0 Å². The fourth-order valence-electron chi connectivity index (χ4n) is 2.26. The number of urea groups is 1. The summed E-state index contributed by atoms with van der Waals surface area (Å²) < 4.78 is 28.5. The number of aryl methyl sites for hydroxylation is 1. The molecule has 0 bridgehead atoms. The summed E-state index contributed by atoms with van der Waals surface area (Å²) in [7, 11) is -3.18. The molecule has 0 heterocycles. The summed E-state index contributed by atoms with van der Waals surface area (Å²) in [5.74, 6) is 0.626. The molecule has 0 aromatic heterocycles. The van der Waals surface area contributed by atoms with Crippen LogP contribution in [0.4, 0.5) is 10.5 Å². The van der Waals surface area contributed by atoms with Crippen LogP contribution in [-0.4, -0.2) is 33.9 Å². The van der Waals surface area contributed by atoms with Crippen molar-refractivity contribution in [2.45, 2.75) is 12.7 Å². The fraction of sp³-hybridized carbons (Fsp3) is 0.278. The predicted molar refractivity (Wildman–Crippen MR) is 98.7 cm³/mol. The Morgan fingerprint density at radius 1 is 1.12 bits per heavy atom. The molecule has 2 amide bonds. The average molecular weight is 362 g/mol. The van der Waals surface area contributed by atoms with Crippen molar-refractivity contribution in [3.63, 3.8) is 0 Å². The van der Waals surface area contributed by atoms with Crippen molar-refractivity contribution in [2.24, 2.45) is 0 Å². The van der Waals surface area contributed by atoms with E-state index in [1.165, 1.54) is 0 Å². The summed E-state index contributed by atoms with van der Waals surface area (Å²) >= 11 is 0. The molecular formula is C18H22N2O4S. The van der Waals surface area contributed by atoms with Crippen LogP contribution in [0, 0.1) is 6.92 Å². The van der Waals surface area contributed by atoms with Gasteiger partial charge in [0.2, 0.25) is 0 Å².